The van der Waals surface area contributed by atoms with E-state index in [2.05, 4.69) is 18.2 Å². The molecule has 0 saturated heterocycles. The third-order valence-electron chi connectivity index (χ3n) is 3.07. The minimum Gasteiger partial charge on any atom is -0.490 e. The summed E-state index contributed by atoms with van der Waals surface area (Å²) in [7, 11) is 0. The summed E-state index contributed by atoms with van der Waals surface area (Å²) in [5.41, 5.74) is 8.67. The van der Waals surface area contributed by atoms with E-state index in [1.807, 2.05) is 0 Å². The number of aryl methyl sites for hydroxylation is 1. The fourth-order valence-electron chi connectivity index (χ4n) is 2.08. The molecule has 0 unspecified atom stereocenters. The lowest BCUT2D eigenvalue weighted by molar-refractivity contribution is 0.303. The Kier molecular flexibility index (Phi) is 1.77. The van der Waals surface area contributed by atoms with Crippen molar-refractivity contribution >= 4 is 0 Å². The van der Waals surface area contributed by atoms with E-state index in [1.54, 1.807) is 0 Å². The molecule has 0 spiro atoms. The molecule has 1 aromatic rings. The van der Waals surface area contributed by atoms with E-state index in [0.29, 0.717) is 6.10 Å². The van der Waals surface area contributed by atoms with Crippen molar-refractivity contribution < 1.29 is 4.74 Å². The van der Waals surface area contributed by atoms with Crippen molar-refractivity contribution in [3.63, 3.8) is 0 Å². The van der Waals surface area contributed by atoms with Crippen LogP contribution in [-0.2, 0) is 6.42 Å². The molecule has 1 atom stereocenters. The molecule has 2 N–H and O–H groups in total. The van der Waals surface area contributed by atoms with Crippen molar-refractivity contribution in [3.8, 4) is 5.75 Å². The van der Waals surface area contributed by atoms with Crippen LogP contribution >= 0.6 is 0 Å². The van der Waals surface area contributed by atoms with Gasteiger partial charge < -0.3 is 10.5 Å². The molecule has 0 aliphatic heterocycles. The normalized spacial score (nSPS) is 24.8. The molecule has 0 aromatic heterocycles. The van der Waals surface area contributed by atoms with Gasteiger partial charge >= 0.3 is 0 Å². The predicted molar refractivity (Wildman–Crippen MR) is 55.3 cm³/mol. The summed E-state index contributed by atoms with van der Waals surface area (Å²) in [5.74, 6) is 1.03. The molecule has 0 radical (unpaired) electrons. The van der Waals surface area contributed by atoms with Gasteiger partial charge in [0.1, 0.15) is 5.75 Å². The summed E-state index contributed by atoms with van der Waals surface area (Å²) >= 11 is 0. The van der Waals surface area contributed by atoms with Gasteiger partial charge in [0.25, 0.3) is 0 Å². The van der Waals surface area contributed by atoms with Gasteiger partial charge in [-0.05, 0) is 48.9 Å². The van der Waals surface area contributed by atoms with Crippen molar-refractivity contribution in [1.29, 1.82) is 0 Å². The highest BCUT2D eigenvalue weighted by molar-refractivity contribution is 5.40. The number of nitrogens with two attached hydrogens (primary N) is 1. The van der Waals surface area contributed by atoms with Gasteiger partial charge in [-0.1, -0.05) is 6.07 Å². The highest BCUT2D eigenvalue weighted by atomic mass is 16.5. The van der Waals surface area contributed by atoms with Gasteiger partial charge in [-0.25, -0.2) is 0 Å². The SMILES string of the molecule is N[C@H]1CCc2cc(OC3CC3)ccc21. The quantitative estimate of drug-likeness (QED) is 0.773. The van der Waals surface area contributed by atoms with E-state index in [-0.39, 0.29) is 6.04 Å². The van der Waals surface area contributed by atoms with E-state index in [0.717, 1.165) is 18.6 Å². The second-order valence-corrected chi connectivity index (χ2v) is 4.32. The number of hydrogen-bond acceptors (Lipinski definition) is 2. The zero-order chi connectivity index (χ0) is 9.54. The van der Waals surface area contributed by atoms with Crippen LogP contribution in [0.15, 0.2) is 18.2 Å². The topological polar surface area (TPSA) is 35.2 Å². The number of hydrogen-bond donors (Lipinski definition) is 1. The van der Waals surface area contributed by atoms with Crippen LogP contribution in [0.25, 0.3) is 0 Å². The third kappa shape index (κ3) is 1.40. The lowest BCUT2D eigenvalue weighted by atomic mass is 10.1. The van der Waals surface area contributed by atoms with Crippen LogP contribution in [0.3, 0.4) is 0 Å². The zero-order valence-corrected chi connectivity index (χ0v) is 8.20. The first kappa shape index (κ1) is 8.30. The van der Waals surface area contributed by atoms with Crippen LogP contribution < -0.4 is 10.5 Å². The number of benzene rings is 1. The first-order chi connectivity index (χ1) is 6.83. The molecule has 3 rings (SSSR count). The summed E-state index contributed by atoms with van der Waals surface area (Å²) in [6.07, 6.45) is 5.12. The Morgan fingerprint density at radius 1 is 1.21 bits per heavy atom. The molecule has 0 heterocycles. The number of ether oxygens (including phenoxy) is 1. The summed E-state index contributed by atoms with van der Waals surface area (Å²) in [6, 6.07) is 6.60. The zero-order valence-electron chi connectivity index (χ0n) is 8.20. The third-order valence-corrected chi connectivity index (χ3v) is 3.07. The lowest BCUT2D eigenvalue weighted by Crippen LogP contribution is -2.05. The minimum atomic E-state index is 0.250. The van der Waals surface area contributed by atoms with Crippen LogP contribution in [0.4, 0.5) is 0 Å². The second kappa shape index (κ2) is 2.99. The monoisotopic (exact) mass is 189 g/mol. The fourth-order valence-corrected chi connectivity index (χ4v) is 2.08. The first-order valence-corrected chi connectivity index (χ1v) is 5.38. The van der Waals surface area contributed by atoms with Crippen LogP contribution in [0.2, 0.25) is 0 Å². The van der Waals surface area contributed by atoms with Gasteiger partial charge in [-0.2, -0.15) is 0 Å². The Morgan fingerprint density at radius 3 is 2.86 bits per heavy atom. The maximum absolute atomic E-state index is 5.97. The molecule has 2 nitrogen and oxygen atoms in total. The van der Waals surface area contributed by atoms with Crippen LogP contribution in [0.1, 0.15) is 36.4 Å². The van der Waals surface area contributed by atoms with Crippen molar-refractivity contribution in [2.75, 3.05) is 0 Å². The van der Waals surface area contributed by atoms with Gasteiger partial charge in [0.05, 0.1) is 6.10 Å². The molecular formula is C12H15NO. The van der Waals surface area contributed by atoms with E-state index >= 15 is 0 Å². The summed E-state index contributed by atoms with van der Waals surface area (Å²) in [6.45, 7) is 0. The van der Waals surface area contributed by atoms with Crippen molar-refractivity contribution in [3.05, 3.63) is 29.3 Å². The summed E-state index contributed by atoms with van der Waals surface area (Å²) in [4.78, 5) is 0. The van der Waals surface area contributed by atoms with Crippen molar-refractivity contribution in [2.24, 2.45) is 5.73 Å². The van der Waals surface area contributed by atoms with E-state index in [4.69, 9.17) is 10.5 Å². The molecule has 2 aliphatic rings. The molecule has 1 saturated carbocycles. The number of fused-ring (bicyclic) bond motifs is 1. The maximum Gasteiger partial charge on any atom is 0.120 e. The smallest absolute Gasteiger partial charge is 0.120 e. The fraction of sp³-hybridized carbons (Fsp3) is 0.500. The van der Waals surface area contributed by atoms with Gasteiger partial charge in [0.2, 0.25) is 0 Å². The molecule has 2 aliphatic carbocycles. The van der Waals surface area contributed by atoms with Crippen LogP contribution in [0.5, 0.6) is 5.75 Å². The van der Waals surface area contributed by atoms with Gasteiger partial charge in [-0.3, -0.25) is 0 Å². The Hall–Kier alpha value is -1.02. The first-order valence-electron chi connectivity index (χ1n) is 5.38. The van der Waals surface area contributed by atoms with E-state index in [1.165, 1.54) is 24.0 Å². The predicted octanol–water partition coefficient (Wildman–Crippen LogP) is 2.17. The summed E-state index contributed by atoms with van der Waals surface area (Å²) in [5, 5.41) is 0. The minimum absolute atomic E-state index is 0.250. The molecule has 0 bridgehead atoms. The van der Waals surface area contributed by atoms with Crippen LogP contribution in [-0.4, -0.2) is 6.10 Å². The van der Waals surface area contributed by atoms with Gasteiger partial charge in [0.15, 0.2) is 0 Å². The summed E-state index contributed by atoms with van der Waals surface area (Å²) < 4.78 is 5.74. The Labute approximate surface area is 84.1 Å². The highest BCUT2D eigenvalue weighted by Crippen LogP contribution is 2.34. The average Bonchev–Trinajstić information content (AvgIpc) is 2.92. The van der Waals surface area contributed by atoms with E-state index < -0.39 is 0 Å². The van der Waals surface area contributed by atoms with Gasteiger partial charge in [-0.15, -0.1) is 0 Å². The molecule has 1 fully saturated rings. The lowest BCUT2D eigenvalue weighted by Gasteiger charge is -2.08. The molecular weight excluding hydrogens is 174 g/mol. The molecule has 0 amide bonds. The van der Waals surface area contributed by atoms with Crippen molar-refractivity contribution in [2.45, 2.75) is 37.8 Å². The van der Waals surface area contributed by atoms with Gasteiger partial charge in [0, 0.05) is 6.04 Å². The second-order valence-electron chi connectivity index (χ2n) is 4.32. The maximum atomic E-state index is 5.97. The molecule has 14 heavy (non-hydrogen) atoms. The largest absolute Gasteiger partial charge is 0.490 e. The Balaban J connectivity index is 1.87. The molecule has 74 valence electrons. The Bertz CT molecular complexity index is 357. The Morgan fingerprint density at radius 2 is 2.07 bits per heavy atom. The molecule has 1 aromatic carbocycles. The van der Waals surface area contributed by atoms with Crippen molar-refractivity contribution in [1.82, 2.24) is 0 Å². The highest BCUT2D eigenvalue weighted by Gasteiger charge is 2.25. The number of rotatable bonds is 2. The average molecular weight is 189 g/mol. The standard InChI is InChI=1S/C12H15NO/c13-12-6-1-8-7-10(4-5-11(8)12)14-9-2-3-9/h4-5,7,9,12H,1-3,6,13H2/t12-/m0/s1. The van der Waals surface area contributed by atoms with Crippen LogP contribution in [0, 0.1) is 0 Å². The molecule has 2 heteroatoms. The van der Waals surface area contributed by atoms with E-state index in [9.17, 15) is 0 Å².